The molecule has 0 spiro atoms. The second-order valence-electron chi connectivity index (χ2n) is 1.54. The van der Waals surface area contributed by atoms with E-state index in [2.05, 4.69) is 6.42 Å². The molecule has 0 unspecified atom stereocenters. The molecule has 0 amide bonds. The van der Waals surface area contributed by atoms with Crippen LogP contribution in [0.1, 0.15) is 0 Å². The Hall–Kier alpha value is -1.19. The standard InChI is InChI=1S/C3H2F4.C3HF3/c1-2(4)3(5,6)7;1-2-3(4,5)6/h1H2;1H. The minimum absolute atomic E-state index is 0.604. The van der Waals surface area contributed by atoms with E-state index >= 15 is 0 Å². The van der Waals surface area contributed by atoms with Gasteiger partial charge in [0, 0.05) is 5.92 Å². The van der Waals surface area contributed by atoms with Crippen molar-refractivity contribution in [1.82, 2.24) is 0 Å². The molecule has 0 aliphatic heterocycles. The summed E-state index contributed by atoms with van der Waals surface area (Å²) in [6.45, 7) is 2.03. The van der Waals surface area contributed by atoms with Crippen LogP contribution in [0.2, 0.25) is 0 Å². The second kappa shape index (κ2) is 4.74. The average Bonchev–Trinajstić information content (AvgIpc) is 1.85. The maximum Gasteiger partial charge on any atom is 0.457 e. The maximum absolute atomic E-state index is 10.9. The molecular formula is C6H3F7. The topological polar surface area (TPSA) is 0 Å². The maximum atomic E-state index is 10.9. The average molecular weight is 208 g/mol. The molecule has 0 nitrogen and oxygen atoms in total. The molecule has 0 atom stereocenters. The van der Waals surface area contributed by atoms with E-state index in [9.17, 15) is 30.7 Å². The SMILES string of the molecule is C#CC(F)(F)F.C=C(F)C(F)(F)F. The van der Waals surface area contributed by atoms with Crippen molar-refractivity contribution >= 4 is 0 Å². The lowest BCUT2D eigenvalue weighted by Crippen LogP contribution is -2.05. The zero-order valence-electron chi connectivity index (χ0n) is 5.93. The van der Waals surface area contributed by atoms with E-state index in [1.54, 1.807) is 0 Å². The van der Waals surface area contributed by atoms with Crippen molar-refractivity contribution in [2.24, 2.45) is 0 Å². The number of hydrogen-bond acceptors (Lipinski definition) is 0. The lowest BCUT2D eigenvalue weighted by Gasteiger charge is -1.97. The first-order valence-corrected chi connectivity index (χ1v) is 2.47. The molecule has 0 aliphatic rings. The normalized spacial score (nSPS) is 10.9. The molecule has 0 rings (SSSR count). The van der Waals surface area contributed by atoms with Gasteiger partial charge >= 0.3 is 12.4 Å². The molecule has 76 valence electrons. The summed E-state index contributed by atoms with van der Waals surface area (Å²) in [5.41, 5.74) is 0. The predicted octanol–water partition coefficient (Wildman–Crippen LogP) is 3.21. The monoisotopic (exact) mass is 208 g/mol. The van der Waals surface area contributed by atoms with Crippen molar-refractivity contribution in [2.45, 2.75) is 12.4 Å². The van der Waals surface area contributed by atoms with E-state index in [0.29, 0.717) is 5.92 Å². The Morgan fingerprint density at radius 3 is 1.23 bits per heavy atom. The van der Waals surface area contributed by atoms with Crippen LogP contribution in [0.4, 0.5) is 30.7 Å². The summed E-state index contributed by atoms with van der Waals surface area (Å²) >= 11 is 0. The molecule has 0 N–H and O–H groups in total. The van der Waals surface area contributed by atoms with Gasteiger partial charge in [-0.15, -0.1) is 6.42 Å². The molecule has 13 heavy (non-hydrogen) atoms. The molecule has 0 aromatic rings. The molecule has 0 bridgehead atoms. The highest BCUT2D eigenvalue weighted by atomic mass is 19.4. The number of alkyl halides is 6. The van der Waals surface area contributed by atoms with Gasteiger partial charge in [0.05, 0.1) is 0 Å². The van der Waals surface area contributed by atoms with Gasteiger partial charge in [0.15, 0.2) is 5.83 Å². The van der Waals surface area contributed by atoms with Gasteiger partial charge in [-0.05, 0) is 0 Å². The molecule has 0 aromatic heterocycles. The lowest BCUT2D eigenvalue weighted by molar-refractivity contribution is -0.108. The Balaban J connectivity index is 0. The van der Waals surface area contributed by atoms with E-state index < -0.39 is 18.2 Å². The second-order valence-corrected chi connectivity index (χ2v) is 1.54. The Bertz CT molecular complexity index is 200. The first-order valence-electron chi connectivity index (χ1n) is 2.47. The number of terminal acetylenes is 1. The summed E-state index contributed by atoms with van der Waals surface area (Å²) in [6.07, 6.45) is -5.36. The fourth-order valence-electron chi connectivity index (χ4n) is 0. The molecule has 0 saturated carbocycles. The van der Waals surface area contributed by atoms with Gasteiger partial charge in [0.2, 0.25) is 0 Å². The van der Waals surface area contributed by atoms with Crippen LogP contribution < -0.4 is 0 Å². The summed E-state index contributed by atoms with van der Waals surface area (Å²) in [5.74, 6) is -1.65. The largest absolute Gasteiger partial charge is 0.457 e. The van der Waals surface area contributed by atoms with Gasteiger partial charge in [0.1, 0.15) is 0 Å². The summed E-state index contributed by atoms with van der Waals surface area (Å²) < 4.78 is 74.6. The Morgan fingerprint density at radius 2 is 1.23 bits per heavy atom. The van der Waals surface area contributed by atoms with E-state index in [-0.39, 0.29) is 0 Å². The van der Waals surface area contributed by atoms with Crippen LogP contribution in [0.25, 0.3) is 0 Å². The minimum Gasteiger partial charge on any atom is -0.202 e. The lowest BCUT2D eigenvalue weighted by atomic mass is 10.6. The third-order valence-electron chi connectivity index (χ3n) is 0.471. The smallest absolute Gasteiger partial charge is 0.202 e. The van der Waals surface area contributed by atoms with Crippen molar-refractivity contribution in [3.05, 3.63) is 12.4 Å². The van der Waals surface area contributed by atoms with Crippen molar-refractivity contribution in [3.63, 3.8) is 0 Å². The first kappa shape index (κ1) is 14.3. The summed E-state index contributed by atoms with van der Waals surface area (Å²) in [6, 6.07) is 0. The van der Waals surface area contributed by atoms with Crippen LogP contribution in [0.15, 0.2) is 12.4 Å². The van der Waals surface area contributed by atoms with Gasteiger partial charge < -0.3 is 0 Å². The van der Waals surface area contributed by atoms with Gasteiger partial charge in [-0.1, -0.05) is 6.58 Å². The van der Waals surface area contributed by atoms with Crippen LogP contribution >= 0.6 is 0 Å². The Morgan fingerprint density at radius 1 is 1.08 bits per heavy atom. The molecule has 0 fully saturated rings. The molecule has 0 saturated heterocycles. The van der Waals surface area contributed by atoms with Gasteiger partial charge in [-0.3, -0.25) is 0 Å². The highest BCUT2D eigenvalue weighted by Gasteiger charge is 2.32. The van der Waals surface area contributed by atoms with E-state index in [1.165, 1.54) is 0 Å². The number of halogens is 7. The van der Waals surface area contributed by atoms with Crippen LogP contribution in [-0.4, -0.2) is 12.4 Å². The quantitative estimate of drug-likeness (QED) is 0.423. The fourth-order valence-corrected chi connectivity index (χ4v) is 0. The van der Waals surface area contributed by atoms with Crippen LogP contribution in [-0.2, 0) is 0 Å². The molecule has 7 heteroatoms. The first-order chi connectivity index (χ1) is 5.50. The number of allylic oxidation sites excluding steroid dienone is 1. The van der Waals surface area contributed by atoms with Crippen LogP contribution in [0.3, 0.4) is 0 Å². The highest BCUT2D eigenvalue weighted by Crippen LogP contribution is 2.23. The van der Waals surface area contributed by atoms with E-state index in [1.807, 2.05) is 6.58 Å². The molecular weight excluding hydrogens is 205 g/mol. The van der Waals surface area contributed by atoms with Crippen molar-refractivity contribution in [3.8, 4) is 12.3 Å². The third-order valence-corrected chi connectivity index (χ3v) is 0.471. The number of rotatable bonds is 0. The van der Waals surface area contributed by atoms with Gasteiger partial charge in [0.25, 0.3) is 0 Å². The van der Waals surface area contributed by atoms with Crippen LogP contribution in [0.5, 0.6) is 0 Å². The van der Waals surface area contributed by atoms with Gasteiger partial charge in [-0.25, -0.2) is 4.39 Å². The minimum atomic E-state index is -4.86. The summed E-state index contributed by atoms with van der Waals surface area (Å²) in [5, 5.41) is 0. The Kier molecular flexibility index (Phi) is 5.23. The molecule has 0 radical (unpaired) electrons. The molecule has 0 heterocycles. The summed E-state index contributed by atoms with van der Waals surface area (Å²) in [7, 11) is 0. The zero-order valence-corrected chi connectivity index (χ0v) is 5.93. The third kappa shape index (κ3) is 13.8. The zero-order chi connectivity index (χ0) is 11.3. The molecule has 0 aliphatic carbocycles. The van der Waals surface area contributed by atoms with Crippen molar-refractivity contribution < 1.29 is 30.7 Å². The predicted molar refractivity (Wildman–Crippen MR) is 31.2 cm³/mol. The highest BCUT2D eigenvalue weighted by molar-refractivity contribution is 4.92. The fraction of sp³-hybridized carbons (Fsp3) is 0.333. The molecule has 0 aromatic carbocycles. The van der Waals surface area contributed by atoms with Crippen molar-refractivity contribution in [1.29, 1.82) is 0 Å². The van der Waals surface area contributed by atoms with Crippen molar-refractivity contribution in [2.75, 3.05) is 0 Å². The van der Waals surface area contributed by atoms with Gasteiger partial charge in [-0.2, -0.15) is 26.3 Å². The number of hydrogen-bond donors (Lipinski definition) is 0. The summed E-state index contributed by atoms with van der Waals surface area (Å²) in [4.78, 5) is 0. The van der Waals surface area contributed by atoms with E-state index in [0.717, 1.165) is 0 Å². The van der Waals surface area contributed by atoms with Crippen LogP contribution in [0, 0.1) is 12.3 Å². The Labute approximate surface area is 69.0 Å². The van der Waals surface area contributed by atoms with E-state index in [4.69, 9.17) is 0 Å².